The monoisotopic (exact) mass is 365 g/mol. The topological polar surface area (TPSA) is 23.9 Å². The molecule has 0 amide bonds. The van der Waals surface area contributed by atoms with E-state index in [2.05, 4.69) is 89.2 Å². The van der Waals surface area contributed by atoms with E-state index in [-0.39, 0.29) is 0 Å². The summed E-state index contributed by atoms with van der Waals surface area (Å²) < 4.78 is 0. The Kier molecular flexibility index (Phi) is 4.55. The minimum atomic E-state index is 0.617. The third-order valence-electron chi connectivity index (χ3n) is 6.46. The number of benzene rings is 3. The van der Waals surface area contributed by atoms with Crippen molar-refractivity contribution >= 4 is 22.1 Å². The van der Waals surface area contributed by atoms with Crippen LogP contribution in [0.4, 0.5) is 0 Å². The third kappa shape index (κ3) is 2.92. The van der Waals surface area contributed by atoms with Crippen LogP contribution in [0.3, 0.4) is 0 Å². The first-order valence-corrected chi connectivity index (χ1v) is 9.94. The Balaban J connectivity index is 1.97. The second-order valence-corrected chi connectivity index (χ2v) is 7.99. The van der Waals surface area contributed by atoms with Crippen molar-refractivity contribution in [2.45, 2.75) is 41.0 Å². The number of nitrogens with one attached hydrogen (secondary N) is 1. The van der Waals surface area contributed by atoms with E-state index >= 15 is 0 Å². The maximum absolute atomic E-state index is 9.14. The van der Waals surface area contributed by atoms with Crippen molar-refractivity contribution in [3.05, 3.63) is 99.1 Å². The van der Waals surface area contributed by atoms with E-state index in [0.29, 0.717) is 5.71 Å². The largest absolute Gasteiger partial charge is 0.300 e. The highest BCUT2D eigenvalue weighted by atomic mass is 14.4. The van der Waals surface area contributed by atoms with Gasteiger partial charge in [0.25, 0.3) is 0 Å². The molecule has 0 spiro atoms. The van der Waals surface area contributed by atoms with Crippen LogP contribution in [0.2, 0.25) is 0 Å². The molecule has 140 valence electrons. The fourth-order valence-electron chi connectivity index (χ4n) is 4.18. The van der Waals surface area contributed by atoms with Crippen molar-refractivity contribution < 1.29 is 0 Å². The molecule has 1 N–H and O–H groups in total. The standard InChI is InChI=1S/C27H27N/c1-16-11-13-24(20(5)18(16)3)27(28)26-15-22-9-7-6-8-21(22)14-25(26)23-12-10-17(2)19(23)4/h6-11,13-15,28H,12H2,1-5H3. The number of hydrogen-bond acceptors (Lipinski definition) is 1. The summed E-state index contributed by atoms with van der Waals surface area (Å²) in [4.78, 5) is 0. The molecule has 0 aromatic heterocycles. The second kappa shape index (κ2) is 6.91. The van der Waals surface area contributed by atoms with Gasteiger partial charge in [0.15, 0.2) is 0 Å². The van der Waals surface area contributed by atoms with Gasteiger partial charge in [-0.15, -0.1) is 0 Å². The zero-order valence-electron chi connectivity index (χ0n) is 17.4. The fraction of sp³-hybridized carbons (Fsp3) is 0.222. The SMILES string of the molecule is CC1=CCC(c2cc3ccccc3cc2C(=N)c2ccc(C)c(C)c2C)=C1C. The van der Waals surface area contributed by atoms with Crippen LogP contribution in [0.1, 0.15) is 53.6 Å². The fourth-order valence-corrected chi connectivity index (χ4v) is 4.18. The Labute approximate surface area is 167 Å². The molecule has 1 heteroatoms. The van der Waals surface area contributed by atoms with Gasteiger partial charge in [-0.25, -0.2) is 0 Å². The highest BCUT2D eigenvalue weighted by Gasteiger charge is 2.20. The van der Waals surface area contributed by atoms with Crippen molar-refractivity contribution in [2.24, 2.45) is 0 Å². The molecule has 0 aliphatic heterocycles. The summed E-state index contributed by atoms with van der Waals surface area (Å²) in [6, 6.07) is 17.2. The van der Waals surface area contributed by atoms with Crippen LogP contribution in [0, 0.1) is 26.2 Å². The van der Waals surface area contributed by atoms with Gasteiger partial charge in [-0.05, 0) is 97.3 Å². The van der Waals surface area contributed by atoms with Crippen molar-refractivity contribution in [3.63, 3.8) is 0 Å². The van der Waals surface area contributed by atoms with E-state index in [4.69, 9.17) is 5.41 Å². The molecule has 0 saturated carbocycles. The highest BCUT2D eigenvalue weighted by Crippen LogP contribution is 2.37. The Hall–Kier alpha value is -2.93. The van der Waals surface area contributed by atoms with Crippen LogP contribution < -0.4 is 0 Å². The predicted molar refractivity (Wildman–Crippen MR) is 121 cm³/mol. The number of hydrogen-bond donors (Lipinski definition) is 1. The van der Waals surface area contributed by atoms with E-state index in [9.17, 15) is 0 Å². The lowest BCUT2D eigenvalue weighted by Gasteiger charge is -2.18. The molecule has 0 heterocycles. The Bertz CT molecular complexity index is 1190. The van der Waals surface area contributed by atoms with Gasteiger partial charge in [0.1, 0.15) is 0 Å². The summed E-state index contributed by atoms with van der Waals surface area (Å²) in [7, 11) is 0. The summed E-state index contributed by atoms with van der Waals surface area (Å²) in [5, 5.41) is 11.6. The van der Waals surface area contributed by atoms with E-state index in [1.54, 1.807) is 0 Å². The maximum atomic E-state index is 9.14. The summed E-state index contributed by atoms with van der Waals surface area (Å²) in [5.74, 6) is 0. The van der Waals surface area contributed by atoms with Gasteiger partial charge < -0.3 is 0 Å². The lowest BCUT2D eigenvalue weighted by Crippen LogP contribution is -2.09. The smallest absolute Gasteiger partial charge is 0.0693 e. The van der Waals surface area contributed by atoms with E-state index < -0.39 is 0 Å². The van der Waals surface area contributed by atoms with Crippen molar-refractivity contribution in [2.75, 3.05) is 0 Å². The average Bonchev–Trinajstić information content (AvgIpc) is 3.03. The van der Waals surface area contributed by atoms with Gasteiger partial charge in [-0.3, -0.25) is 5.41 Å². The summed E-state index contributed by atoms with van der Waals surface area (Å²) in [6.45, 7) is 10.8. The first kappa shape index (κ1) is 18.4. The zero-order chi connectivity index (χ0) is 20.0. The molecule has 1 aliphatic rings. The molecule has 0 unspecified atom stereocenters. The summed E-state index contributed by atoms with van der Waals surface area (Å²) in [5.41, 5.74) is 11.7. The highest BCUT2D eigenvalue weighted by molar-refractivity contribution is 6.16. The molecule has 1 aliphatic carbocycles. The van der Waals surface area contributed by atoms with Gasteiger partial charge in [-0.2, -0.15) is 0 Å². The van der Waals surface area contributed by atoms with Gasteiger partial charge in [0, 0.05) is 11.1 Å². The molecular weight excluding hydrogens is 338 g/mol. The molecule has 0 saturated heterocycles. The van der Waals surface area contributed by atoms with Crippen molar-refractivity contribution in [1.82, 2.24) is 0 Å². The predicted octanol–water partition coefficient (Wildman–Crippen LogP) is 7.30. The summed E-state index contributed by atoms with van der Waals surface area (Å²) in [6.07, 6.45) is 3.25. The average molecular weight is 366 g/mol. The Morgan fingerprint density at radius 2 is 1.46 bits per heavy atom. The lowest BCUT2D eigenvalue weighted by molar-refractivity contribution is 1.25. The molecular formula is C27H27N. The molecule has 28 heavy (non-hydrogen) atoms. The molecule has 0 bridgehead atoms. The van der Waals surface area contributed by atoms with Crippen LogP contribution >= 0.6 is 0 Å². The van der Waals surface area contributed by atoms with Crippen LogP contribution in [-0.2, 0) is 0 Å². The minimum absolute atomic E-state index is 0.617. The third-order valence-corrected chi connectivity index (χ3v) is 6.46. The molecule has 3 aromatic rings. The number of aryl methyl sites for hydroxylation is 1. The van der Waals surface area contributed by atoms with E-state index in [1.807, 2.05) is 0 Å². The first-order valence-electron chi connectivity index (χ1n) is 9.94. The van der Waals surface area contributed by atoms with Crippen LogP contribution in [0.5, 0.6) is 0 Å². The first-order chi connectivity index (χ1) is 13.4. The zero-order valence-corrected chi connectivity index (χ0v) is 17.4. The molecule has 4 rings (SSSR count). The van der Waals surface area contributed by atoms with Crippen LogP contribution in [-0.4, -0.2) is 5.71 Å². The van der Waals surface area contributed by atoms with Crippen molar-refractivity contribution in [3.8, 4) is 0 Å². The van der Waals surface area contributed by atoms with E-state index in [1.165, 1.54) is 49.7 Å². The minimum Gasteiger partial charge on any atom is -0.300 e. The lowest BCUT2D eigenvalue weighted by atomic mass is 9.86. The van der Waals surface area contributed by atoms with Gasteiger partial charge in [0.05, 0.1) is 5.71 Å². The number of fused-ring (bicyclic) bond motifs is 1. The normalized spacial score (nSPS) is 14.0. The quantitative estimate of drug-likeness (QED) is 0.471. The van der Waals surface area contributed by atoms with Gasteiger partial charge in [0.2, 0.25) is 0 Å². The van der Waals surface area contributed by atoms with Crippen molar-refractivity contribution in [1.29, 1.82) is 5.41 Å². The molecule has 0 atom stereocenters. The molecule has 0 fully saturated rings. The number of allylic oxidation sites excluding steroid dienone is 4. The molecule has 1 nitrogen and oxygen atoms in total. The molecule has 0 radical (unpaired) electrons. The maximum Gasteiger partial charge on any atom is 0.0693 e. The Morgan fingerprint density at radius 3 is 2.11 bits per heavy atom. The van der Waals surface area contributed by atoms with Gasteiger partial charge >= 0.3 is 0 Å². The van der Waals surface area contributed by atoms with Gasteiger partial charge in [-0.1, -0.05) is 48.0 Å². The summed E-state index contributed by atoms with van der Waals surface area (Å²) >= 11 is 0. The van der Waals surface area contributed by atoms with Crippen LogP contribution in [0.15, 0.2) is 65.8 Å². The Morgan fingerprint density at radius 1 is 0.786 bits per heavy atom. The van der Waals surface area contributed by atoms with E-state index in [0.717, 1.165) is 17.5 Å². The molecule has 3 aromatic carbocycles. The second-order valence-electron chi connectivity index (χ2n) is 7.99. The number of rotatable bonds is 3. The van der Waals surface area contributed by atoms with Crippen LogP contribution in [0.25, 0.3) is 16.3 Å².